The summed E-state index contributed by atoms with van der Waals surface area (Å²) in [6.07, 6.45) is 1.96. The number of hydrogen-bond donors (Lipinski definition) is 1. The van der Waals surface area contributed by atoms with E-state index in [1.165, 1.54) is 6.07 Å². The Balaban J connectivity index is 2.23. The minimum Gasteiger partial charge on any atom is -0.320 e. The molecule has 0 heterocycles. The largest absolute Gasteiger partial charge is 0.320 e. The molecule has 2 nitrogen and oxygen atoms in total. The summed E-state index contributed by atoms with van der Waals surface area (Å²) in [5.74, 6) is -0.768. The summed E-state index contributed by atoms with van der Waals surface area (Å²) < 4.78 is 13.5. The van der Waals surface area contributed by atoms with E-state index in [0.717, 1.165) is 11.0 Å². The van der Waals surface area contributed by atoms with Crippen LogP contribution in [0, 0.1) is 5.82 Å². The zero-order valence-electron chi connectivity index (χ0n) is 10.4. The summed E-state index contributed by atoms with van der Waals surface area (Å²) >= 11 is 10.7. The number of halogens is 3. The molecule has 0 aliphatic rings. The van der Waals surface area contributed by atoms with Gasteiger partial charge in [-0.05, 0) is 58.6 Å². The van der Waals surface area contributed by atoms with Crippen molar-refractivity contribution < 1.29 is 9.18 Å². The van der Waals surface area contributed by atoms with Crippen LogP contribution in [-0.4, -0.2) is 12.2 Å². The monoisotopic (exact) mass is 373 g/mol. The quantitative estimate of drug-likeness (QED) is 0.747. The highest BCUT2D eigenvalue weighted by atomic mass is 79.9. The van der Waals surface area contributed by atoms with Gasteiger partial charge in [-0.2, -0.15) is 0 Å². The van der Waals surface area contributed by atoms with E-state index in [-0.39, 0.29) is 10.9 Å². The maximum atomic E-state index is 13.1. The highest BCUT2D eigenvalue weighted by Crippen LogP contribution is 2.32. The van der Waals surface area contributed by atoms with Gasteiger partial charge < -0.3 is 5.32 Å². The zero-order valence-corrected chi connectivity index (χ0v) is 13.6. The molecular weight excluding hydrogens is 365 g/mol. The number of nitrogens with one attached hydrogen (secondary N) is 1. The Morgan fingerprint density at radius 2 is 1.95 bits per heavy atom. The van der Waals surface area contributed by atoms with E-state index in [1.807, 2.05) is 18.4 Å². The lowest BCUT2D eigenvalue weighted by Crippen LogP contribution is -2.12. The third kappa shape index (κ3) is 3.53. The van der Waals surface area contributed by atoms with Gasteiger partial charge in [-0.3, -0.25) is 4.79 Å². The molecule has 6 heteroatoms. The number of amides is 1. The molecule has 2 rings (SSSR count). The van der Waals surface area contributed by atoms with Crippen molar-refractivity contribution in [1.29, 1.82) is 0 Å². The molecule has 0 aliphatic carbocycles. The van der Waals surface area contributed by atoms with Crippen LogP contribution in [-0.2, 0) is 0 Å². The number of hydrogen-bond acceptors (Lipinski definition) is 2. The molecule has 2 aromatic carbocycles. The van der Waals surface area contributed by atoms with Gasteiger partial charge in [0.25, 0.3) is 5.91 Å². The van der Waals surface area contributed by atoms with Gasteiger partial charge >= 0.3 is 0 Å². The molecule has 0 aromatic heterocycles. The maximum Gasteiger partial charge on any atom is 0.255 e. The fraction of sp³-hybridized carbons (Fsp3) is 0.0714. The van der Waals surface area contributed by atoms with Gasteiger partial charge in [0, 0.05) is 14.9 Å². The third-order valence-electron chi connectivity index (χ3n) is 2.60. The molecule has 0 radical (unpaired) electrons. The van der Waals surface area contributed by atoms with Crippen LogP contribution in [0.2, 0.25) is 5.02 Å². The molecular formula is C14H10BrClFNOS. The van der Waals surface area contributed by atoms with Crippen LogP contribution >= 0.6 is 39.3 Å². The van der Waals surface area contributed by atoms with E-state index < -0.39 is 5.82 Å². The molecule has 0 aliphatic heterocycles. The van der Waals surface area contributed by atoms with Crippen molar-refractivity contribution in [2.24, 2.45) is 0 Å². The maximum absolute atomic E-state index is 13.1. The fourth-order valence-electron chi connectivity index (χ4n) is 1.59. The number of rotatable bonds is 3. The average Bonchev–Trinajstić information content (AvgIpc) is 2.42. The van der Waals surface area contributed by atoms with Crippen LogP contribution in [0.15, 0.2) is 45.8 Å². The van der Waals surface area contributed by atoms with Crippen molar-refractivity contribution in [3.05, 3.63) is 57.3 Å². The van der Waals surface area contributed by atoms with Gasteiger partial charge in [0.1, 0.15) is 5.82 Å². The Morgan fingerprint density at radius 1 is 1.30 bits per heavy atom. The van der Waals surface area contributed by atoms with Crippen molar-refractivity contribution in [3.63, 3.8) is 0 Å². The van der Waals surface area contributed by atoms with Gasteiger partial charge in [0.15, 0.2) is 0 Å². The summed E-state index contributed by atoms with van der Waals surface area (Å²) in [5, 5.41) is 2.81. The average molecular weight is 375 g/mol. The number of anilines is 1. The Labute approximate surface area is 133 Å². The van der Waals surface area contributed by atoms with E-state index >= 15 is 0 Å². The molecule has 0 unspecified atom stereocenters. The van der Waals surface area contributed by atoms with Crippen LogP contribution in [0.4, 0.5) is 10.1 Å². The molecule has 0 bridgehead atoms. The van der Waals surface area contributed by atoms with Gasteiger partial charge in [-0.15, -0.1) is 11.8 Å². The second-order valence-electron chi connectivity index (χ2n) is 3.93. The number of carbonyl (C=O) groups excluding carboxylic acids is 1. The van der Waals surface area contributed by atoms with Crippen LogP contribution in [0.1, 0.15) is 10.4 Å². The molecule has 1 N–H and O–H groups in total. The molecule has 1 amide bonds. The zero-order chi connectivity index (χ0) is 14.7. The van der Waals surface area contributed by atoms with Gasteiger partial charge in [0.2, 0.25) is 0 Å². The first-order chi connectivity index (χ1) is 9.51. The summed E-state index contributed by atoms with van der Waals surface area (Å²) in [5.41, 5.74) is 0.863. The normalized spacial score (nSPS) is 10.4. The first-order valence-corrected chi connectivity index (χ1v) is 8.01. The predicted octanol–water partition coefficient (Wildman–Crippen LogP) is 5.22. The number of thioether (sulfide) groups is 1. The first kappa shape index (κ1) is 15.4. The van der Waals surface area contributed by atoms with E-state index in [2.05, 4.69) is 21.2 Å². The van der Waals surface area contributed by atoms with Crippen molar-refractivity contribution in [3.8, 4) is 0 Å². The molecule has 2 aromatic rings. The standard InChI is InChI=1S/C14H10BrClFNOS/c1-20-10-4-2-8(3-5-10)14(19)18-13-11(15)6-9(17)7-12(13)16/h2-7H,1H3,(H,18,19). The summed E-state index contributed by atoms with van der Waals surface area (Å²) in [7, 11) is 0. The molecule has 0 fully saturated rings. The van der Waals surface area contributed by atoms with Crippen molar-refractivity contribution in [2.75, 3.05) is 11.6 Å². The van der Waals surface area contributed by atoms with Crippen LogP contribution < -0.4 is 5.32 Å². The first-order valence-electron chi connectivity index (χ1n) is 5.61. The smallest absolute Gasteiger partial charge is 0.255 e. The Morgan fingerprint density at radius 3 is 2.50 bits per heavy atom. The molecule has 0 saturated heterocycles. The van der Waals surface area contributed by atoms with E-state index in [0.29, 0.717) is 15.7 Å². The fourth-order valence-corrected chi connectivity index (χ4v) is 2.90. The summed E-state index contributed by atoms with van der Waals surface area (Å²) in [4.78, 5) is 13.2. The lowest BCUT2D eigenvalue weighted by molar-refractivity contribution is 0.102. The summed E-state index contributed by atoms with van der Waals surface area (Å²) in [6.45, 7) is 0. The third-order valence-corrected chi connectivity index (χ3v) is 4.26. The lowest BCUT2D eigenvalue weighted by Gasteiger charge is -2.10. The highest BCUT2D eigenvalue weighted by Gasteiger charge is 2.12. The van der Waals surface area contributed by atoms with Gasteiger partial charge in [0.05, 0.1) is 10.7 Å². The lowest BCUT2D eigenvalue weighted by atomic mass is 10.2. The second-order valence-corrected chi connectivity index (χ2v) is 6.07. The van der Waals surface area contributed by atoms with E-state index in [4.69, 9.17) is 11.6 Å². The van der Waals surface area contributed by atoms with Crippen molar-refractivity contribution in [1.82, 2.24) is 0 Å². The van der Waals surface area contributed by atoms with Crippen molar-refractivity contribution >= 4 is 50.9 Å². The van der Waals surface area contributed by atoms with Gasteiger partial charge in [-0.1, -0.05) is 11.6 Å². The summed E-state index contributed by atoms with van der Waals surface area (Å²) in [6, 6.07) is 9.58. The van der Waals surface area contributed by atoms with Crippen molar-refractivity contribution in [2.45, 2.75) is 4.90 Å². The Kier molecular flexibility index (Phi) is 5.07. The topological polar surface area (TPSA) is 29.1 Å². The van der Waals surface area contributed by atoms with Gasteiger partial charge in [-0.25, -0.2) is 4.39 Å². The minimum absolute atomic E-state index is 0.144. The molecule has 0 spiro atoms. The van der Waals surface area contributed by atoms with Crippen LogP contribution in [0.5, 0.6) is 0 Å². The molecule has 0 saturated carbocycles. The minimum atomic E-state index is -0.468. The molecule has 0 atom stereocenters. The molecule has 20 heavy (non-hydrogen) atoms. The number of carbonyl (C=O) groups is 1. The Hall–Kier alpha value is -1.04. The highest BCUT2D eigenvalue weighted by molar-refractivity contribution is 9.10. The SMILES string of the molecule is CSc1ccc(C(=O)Nc2c(Cl)cc(F)cc2Br)cc1. The van der Waals surface area contributed by atoms with Crippen LogP contribution in [0.25, 0.3) is 0 Å². The number of benzene rings is 2. The second kappa shape index (κ2) is 6.61. The van der Waals surface area contributed by atoms with E-state index in [1.54, 1.807) is 23.9 Å². The molecule has 104 valence electrons. The van der Waals surface area contributed by atoms with E-state index in [9.17, 15) is 9.18 Å². The Bertz CT molecular complexity index is 625. The van der Waals surface area contributed by atoms with Crippen LogP contribution in [0.3, 0.4) is 0 Å². The predicted molar refractivity (Wildman–Crippen MR) is 85.3 cm³/mol.